The topological polar surface area (TPSA) is 92.6 Å². The summed E-state index contributed by atoms with van der Waals surface area (Å²) >= 11 is 1.35. The van der Waals surface area contributed by atoms with Crippen LogP contribution < -0.4 is 9.64 Å². The van der Waals surface area contributed by atoms with Crippen molar-refractivity contribution in [3.05, 3.63) is 88.8 Å². The number of carbonyl (C=O) groups excluding carboxylic acids is 2. The first-order valence-corrected chi connectivity index (χ1v) is 13.0. The lowest BCUT2D eigenvalue weighted by Gasteiger charge is -2.22. The second-order valence-corrected chi connectivity index (χ2v) is 10.1. The fourth-order valence-electron chi connectivity index (χ4n) is 4.57. The number of carbonyl (C=O) groups is 2. The maximum atomic E-state index is 13.5. The highest BCUT2D eigenvalue weighted by atomic mass is 32.1. The Balaban J connectivity index is 1.65. The van der Waals surface area contributed by atoms with Crippen molar-refractivity contribution in [2.45, 2.75) is 39.7 Å². The smallest absolute Gasteiger partial charge is 0.301 e. The number of hydrogen-bond donors (Lipinski definition) is 1. The molecular weight excluding hydrogens is 486 g/mol. The van der Waals surface area contributed by atoms with Crippen LogP contribution in [-0.4, -0.2) is 33.4 Å². The van der Waals surface area contributed by atoms with Gasteiger partial charge in [0, 0.05) is 18.0 Å². The number of thiazole rings is 1. The molecule has 5 rings (SSSR count). The van der Waals surface area contributed by atoms with Crippen LogP contribution in [0, 0.1) is 13.8 Å². The number of anilines is 1. The van der Waals surface area contributed by atoms with E-state index in [9.17, 15) is 14.7 Å². The van der Waals surface area contributed by atoms with Crippen LogP contribution >= 0.6 is 11.3 Å². The Morgan fingerprint density at radius 3 is 2.73 bits per heavy atom. The molecule has 1 saturated heterocycles. The van der Waals surface area contributed by atoms with Crippen LogP contribution in [-0.2, 0) is 9.59 Å². The Labute approximate surface area is 219 Å². The maximum Gasteiger partial charge on any atom is 0.301 e. The Kier molecular flexibility index (Phi) is 6.76. The number of fused-ring (bicyclic) bond motifs is 1. The highest BCUT2D eigenvalue weighted by Gasteiger charge is 2.48. The molecule has 1 aliphatic rings. The molecule has 1 unspecified atom stereocenters. The molecule has 1 atom stereocenters. The van der Waals surface area contributed by atoms with E-state index in [-0.39, 0.29) is 11.3 Å². The molecule has 0 saturated carbocycles. The van der Waals surface area contributed by atoms with Crippen LogP contribution in [0.15, 0.2) is 66.5 Å². The molecule has 2 aromatic heterocycles. The van der Waals surface area contributed by atoms with Crippen molar-refractivity contribution in [2.24, 2.45) is 0 Å². The number of unbranched alkanes of at least 4 members (excludes halogenated alkanes) is 1. The Bertz CT molecular complexity index is 1530. The summed E-state index contributed by atoms with van der Waals surface area (Å²) in [6.07, 6.45) is 5.13. The third-order valence-corrected chi connectivity index (χ3v) is 7.34. The van der Waals surface area contributed by atoms with Gasteiger partial charge >= 0.3 is 5.91 Å². The van der Waals surface area contributed by atoms with Crippen LogP contribution in [0.4, 0.5) is 5.13 Å². The monoisotopic (exact) mass is 513 g/mol. The number of amides is 1. The number of nitrogens with zero attached hydrogens (tertiary/aromatic N) is 3. The zero-order valence-corrected chi connectivity index (χ0v) is 21.7. The van der Waals surface area contributed by atoms with E-state index in [1.54, 1.807) is 48.8 Å². The highest BCUT2D eigenvalue weighted by Crippen LogP contribution is 2.44. The lowest BCUT2D eigenvalue weighted by Crippen LogP contribution is -2.29. The molecule has 2 aromatic carbocycles. The minimum Gasteiger partial charge on any atom is -0.507 e. The van der Waals surface area contributed by atoms with E-state index in [0.29, 0.717) is 28.6 Å². The standard InChI is InChI=1S/C29H27N3O4S/c1-4-5-12-36-21-10-6-8-19(15-21)26(33)23-25(20-9-7-11-30-16-20)32(28(35)27(23)34)29-31-24-18(3)13-17(2)14-22(24)37-29/h6-11,13-16,25,33H,4-5,12H2,1-3H3/b26-23+. The number of pyridine rings is 1. The van der Waals surface area contributed by atoms with Gasteiger partial charge < -0.3 is 9.84 Å². The molecule has 8 heteroatoms. The Morgan fingerprint density at radius 2 is 1.97 bits per heavy atom. The van der Waals surface area contributed by atoms with Crippen LogP contribution in [0.25, 0.3) is 16.0 Å². The van der Waals surface area contributed by atoms with Gasteiger partial charge in [0.1, 0.15) is 11.5 Å². The number of rotatable bonds is 7. The van der Waals surface area contributed by atoms with Gasteiger partial charge in [0.25, 0.3) is 5.78 Å². The number of aliphatic hydroxyl groups is 1. The SMILES string of the molecule is CCCCOc1cccc(/C(O)=C2\C(=O)C(=O)N(c3nc4c(C)cc(C)cc4s3)C2c2cccnc2)c1. The Morgan fingerprint density at radius 1 is 1.14 bits per heavy atom. The van der Waals surface area contributed by atoms with Crippen LogP contribution in [0.2, 0.25) is 0 Å². The van der Waals surface area contributed by atoms with Gasteiger partial charge in [-0.1, -0.05) is 48.9 Å². The zero-order valence-electron chi connectivity index (χ0n) is 20.9. The van der Waals surface area contributed by atoms with Gasteiger partial charge in [0.05, 0.1) is 28.4 Å². The molecule has 4 aromatic rings. The van der Waals surface area contributed by atoms with E-state index in [1.807, 2.05) is 26.0 Å². The number of ether oxygens (including phenoxy) is 1. The molecule has 1 amide bonds. The summed E-state index contributed by atoms with van der Waals surface area (Å²) in [5, 5.41) is 11.8. The number of benzene rings is 2. The molecule has 0 bridgehead atoms. The normalized spacial score (nSPS) is 17.1. The van der Waals surface area contributed by atoms with Crippen molar-refractivity contribution in [3.63, 3.8) is 0 Å². The summed E-state index contributed by atoms with van der Waals surface area (Å²) in [6.45, 7) is 6.61. The van der Waals surface area contributed by atoms with Gasteiger partial charge in [0.2, 0.25) is 0 Å². The van der Waals surface area contributed by atoms with E-state index in [0.717, 1.165) is 34.2 Å². The van der Waals surface area contributed by atoms with Gasteiger partial charge in [-0.25, -0.2) is 4.98 Å². The summed E-state index contributed by atoms with van der Waals surface area (Å²) in [4.78, 5) is 37.2. The van der Waals surface area contributed by atoms with Gasteiger partial charge in [-0.3, -0.25) is 19.5 Å². The van der Waals surface area contributed by atoms with Crippen LogP contribution in [0.3, 0.4) is 0 Å². The van der Waals surface area contributed by atoms with Crippen molar-refractivity contribution >= 4 is 44.1 Å². The summed E-state index contributed by atoms with van der Waals surface area (Å²) in [7, 11) is 0. The van der Waals surface area contributed by atoms with Crippen molar-refractivity contribution in [1.29, 1.82) is 0 Å². The lowest BCUT2D eigenvalue weighted by atomic mass is 9.96. The second-order valence-electron chi connectivity index (χ2n) is 9.11. The lowest BCUT2D eigenvalue weighted by molar-refractivity contribution is -0.132. The molecule has 0 radical (unpaired) electrons. The quantitative estimate of drug-likeness (QED) is 0.139. The number of aryl methyl sites for hydroxylation is 2. The average molecular weight is 514 g/mol. The minimum absolute atomic E-state index is 0.00383. The molecule has 188 valence electrons. The summed E-state index contributed by atoms with van der Waals surface area (Å²) in [5.41, 5.74) is 3.87. The van der Waals surface area contributed by atoms with Crippen molar-refractivity contribution in [1.82, 2.24) is 9.97 Å². The molecule has 1 N–H and O–H groups in total. The first-order chi connectivity index (χ1) is 17.9. The van der Waals surface area contributed by atoms with Gasteiger partial charge in [-0.15, -0.1) is 0 Å². The predicted molar refractivity (Wildman–Crippen MR) is 145 cm³/mol. The molecule has 3 heterocycles. The van der Waals surface area contributed by atoms with Crippen LogP contribution in [0.5, 0.6) is 5.75 Å². The average Bonchev–Trinajstić information content (AvgIpc) is 3.43. The van der Waals surface area contributed by atoms with E-state index in [4.69, 9.17) is 9.72 Å². The number of aromatic nitrogens is 2. The van der Waals surface area contributed by atoms with E-state index in [2.05, 4.69) is 11.9 Å². The predicted octanol–water partition coefficient (Wildman–Crippen LogP) is 6.11. The summed E-state index contributed by atoms with van der Waals surface area (Å²) in [6, 6.07) is 13.6. The number of hydrogen-bond acceptors (Lipinski definition) is 7. The van der Waals surface area contributed by atoms with Gasteiger partial charge in [-0.2, -0.15) is 0 Å². The summed E-state index contributed by atoms with van der Waals surface area (Å²) < 4.78 is 6.72. The second kappa shape index (κ2) is 10.1. The van der Waals surface area contributed by atoms with E-state index >= 15 is 0 Å². The van der Waals surface area contributed by atoms with Gasteiger partial charge in [0.15, 0.2) is 5.13 Å². The molecule has 7 nitrogen and oxygen atoms in total. The fourth-order valence-corrected chi connectivity index (χ4v) is 5.74. The largest absolute Gasteiger partial charge is 0.507 e. The fraction of sp³-hybridized carbons (Fsp3) is 0.241. The first-order valence-electron chi connectivity index (χ1n) is 12.2. The van der Waals surface area contributed by atoms with Crippen molar-refractivity contribution in [3.8, 4) is 5.75 Å². The first kappa shape index (κ1) is 24.6. The number of aliphatic hydroxyl groups excluding tert-OH is 1. The molecule has 1 aliphatic heterocycles. The third-order valence-electron chi connectivity index (χ3n) is 6.34. The molecule has 1 fully saturated rings. The number of ketones is 1. The Hall–Kier alpha value is -4.04. The molecular formula is C29H27N3O4S. The van der Waals surface area contributed by atoms with E-state index in [1.165, 1.54) is 16.2 Å². The maximum absolute atomic E-state index is 13.5. The van der Waals surface area contributed by atoms with E-state index < -0.39 is 17.7 Å². The van der Waals surface area contributed by atoms with Crippen LogP contribution in [0.1, 0.15) is 48.1 Å². The molecule has 0 aliphatic carbocycles. The zero-order chi connectivity index (χ0) is 26.1. The highest BCUT2D eigenvalue weighted by molar-refractivity contribution is 7.22. The number of Topliss-reactive ketones (excluding diaryl/α,β-unsaturated/α-hetero) is 1. The molecule has 0 spiro atoms. The molecule has 37 heavy (non-hydrogen) atoms. The third kappa shape index (κ3) is 4.60. The van der Waals surface area contributed by atoms with Gasteiger partial charge in [-0.05, 0) is 61.2 Å². The van der Waals surface area contributed by atoms with Crippen molar-refractivity contribution in [2.75, 3.05) is 11.5 Å². The minimum atomic E-state index is -0.875. The van der Waals surface area contributed by atoms with Crippen molar-refractivity contribution < 1.29 is 19.4 Å². The summed E-state index contributed by atoms with van der Waals surface area (Å²) in [5.74, 6) is -1.18.